The van der Waals surface area contributed by atoms with Crippen molar-refractivity contribution in [1.29, 1.82) is 0 Å². The van der Waals surface area contributed by atoms with Gasteiger partial charge in [0.05, 0.1) is 10.8 Å². The second-order valence-electron chi connectivity index (χ2n) is 4.98. The minimum Gasteiger partial charge on any atom is -0.480 e. The number of aliphatic carboxylic acids is 1. The van der Waals surface area contributed by atoms with E-state index in [0.29, 0.717) is 6.42 Å². The van der Waals surface area contributed by atoms with E-state index in [0.717, 1.165) is 6.26 Å². The number of hydrogen-bond donors (Lipinski definition) is 1. The Labute approximate surface area is 144 Å². The summed E-state index contributed by atoms with van der Waals surface area (Å²) in [6, 6.07) is 2.68. The van der Waals surface area contributed by atoms with Crippen LogP contribution in [0.3, 0.4) is 0 Å². The summed E-state index contributed by atoms with van der Waals surface area (Å²) in [5, 5.41) is 8.40. The number of hydrogen-bond acceptors (Lipinski definition) is 5. The molecular weight excluding hydrogens is 367 g/mol. The summed E-state index contributed by atoms with van der Waals surface area (Å²) < 4.78 is 27.8. The molecule has 0 fully saturated rings. The van der Waals surface area contributed by atoms with Gasteiger partial charge in [0.25, 0.3) is 0 Å². The molecule has 0 amide bonds. The highest BCUT2D eigenvalue weighted by Crippen LogP contribution is 2.36. The van der Waals surface area contributed by atoms with E-state index in [1.165, 1.54) is 12.1 Å². The third kappa shape index (κ3) is 5.67. The highest BCUT2D eigenvalue weighted by molar-refractivity contribution is 7.90. The van der Waals surface area contributed by atoms with Crippen LogP contribution in [0.2, 0.25) is 10.0 Å². The molecule has 0 spiro atoms. The van der Waals surface area contributed by atoms with Crippen molar-refractivity contribution in [3.63, 3.8) is 0 Å². The molecule has 1 N–H and O–H groups in total. The molecule has 0 aromatic heterocycles. The minimum atomic E-state index is -3.32. The van der Waals surface area contributed by atoms with Crippen molar-refractivity contribution in [1.82, 2.24) is 0 Å². The van der Waals surface area contributed by atoms with Gasteiger partial charge in [0.2, 0.25) is 0 Å². The average Bonchev–Trinajstić information content (AvgIpc) is 2.44. The van der Waals surface area contributed by atoms with Crippen LogP contribution in [-0.2, 0) is 14.6 Å². The summed E-state index contributed by atoms with van der Waals surface area (Å²) >= 11 is 12.0. The molecule has 1 unspecified atom stereocenters. The third-order valence-electron chi connectivity index (χ3n) is 3.03. The Bertz CT molecular complexity index is 714. The van der Waals surface area contributed by atoms with Crippen LogP contribution < -0.4 is 4.74 Å². The van der Waals surface area contributed by atoms with E-state index < -0.39 is 34.1 Å². The lowest BCUT2D eigenvalue weighted by Crippen LogP contribution is -2.23. The number of carboxylic acid groups (broad SMARTS) is 1. The number of halogens is 2. The van der Waals surface area contributed by atoms with E-state index in [9.17, 15) is 18.0 Å². The predicted molar refractivity (Wildman–Crippen MR) is 87.4 cm³/mol. The zero-order valence-electron chi connectivity index (χ0n) is 12.5. The van der Waals surface area contributed by atoms with Gasteiger partial charge in [-0.3, -0.25) is 4.79 Å². The quantitative estimate of drug-likeness (QED) is 0.694. The van der Waals surface area contributed by atoms with Gasteiger partial charge in [0.1, 0.15) is 20.6 Å². The lowest BCUT2D eigenvalue weighted by Gasteiger charge is -2.15. The second-order valence-corrected chi connectivity index (χ2v) is 7.92. The highest BCUT2D eigenvalue weighted by atomic mass is 35.5. The van der Waals surface area contributed by atoms with Gasteiger partial charge in [-0.05, 0) is 18.6 Å². The topological polar surface area (TPSA) is 97.7 Å². The van der Waals surface area contributed by atoms with Gasteiger partial charge < -0.3 is 9.84 Å². The van der Waals surface area contributed by atoms with Crippen molar-refractivity contribution in [2.24, 2.45) is 5.92 Å². The fourth-order valence-electron chi connectivity index (χ4n) is 1.94. The summed E-state index contributed by atoms with van der Waals surface area (Å²) in [6.07, 6.45) is 1.39. The van der Waals surface area contributed by atoms with E-state index in [2.05, 4.69) is 0 Å². The van der Waals surface area contributed by atoms with Crippen LogP contribution in [0.25, 0.3) is 0 Å². The Morgan fingerprint density at radius 3 is 2.35 bits per heavy atom. The molecule has 1 rings (SSSR count). The van der Waals surface area contributed by atoms with E-state index >= 15 is 0 Å². The molecule has 0 bridgehead atoms. The Kier molecular flexibility index (Phi) is 6.85. The first kappa shape index (κ1) is 19.7. The number of carboxylic acids is 1. The van der Waals surface area contributed by atoms with Crippen LogP contribution in [0.5, 0.6) is 5.75 Å². The van der Waals surface area contributed by atoms with Crippen molar-refractivity contribution in [3.05, 3.63) is 27.7 Å². The van der Waals surface area contributed by atoms with Crippen LogP contribution in [0.4, 0.5) is 0 Å². The molecule has 0 aliphatic carbocycles. The molecule has 0 saturated heterocycles. The molecule has 1 atom stereocenters. The van der Waals surface area contributed by atoms with Crippen molar-refractivity contribution >= 4 is 44.8 Å². The zero-order chi connectivity index (χ0) is 17.8. The minimum absolute atomic E-state index is 0.0341. The maximum Gasteiger partial charge on any atom is 0.341 e. The monoisotopic (exact) mass is 382 g/mol. The number of rotatable bonds is 8. The maximum absolute atomic E-state index is 12.5. The summed E-state index contributed by atoms with van der Waals surface area (Å²) in [5.41, 5.74) is 0.0786. The number of carbonyl (C=O) groups excluding carboxylic acids is 1. The molecule has 6 nitrogen and oxygen atoms in total. The Morgan fingerprint density at radius 1 is 1.26 bits per heavy atom. The largest absolute Gasteiger partial charge is 0.480 e. The molecule has 1 aromatic carbocycles. The molecule has 23 heavy (non-hydrogen) atoms. The normalized spacial score (nSPS) is 12.7. The maximum atomic E-state index is 12.5. The van der Waals surface area contributed by atoms with Crippen molar-refractivity contribution in [3.8, 4) is 5.75 Å². The van der Waals surface area contributed by atoms with E-state index in [1.54, 1.807) is 6.92 Å². The number of Topliss-reactive ketones (excluding diaryl/α,β-unsaturated/α-hetero) is 1. The lowest BCUT2D eigenvalue weighted by atomic mass is 9.97. The molecule has 0 saturated carbocycles. The molecule has 1 aromatic rings. The Morgan fingerprint density at radius 2 is 1.87 bits per heavy atom. The van der Waals surface area contributed by atoms with E-state index in [4.69, 9.17) is 33.0 Å². The number of ether oxygens (including phenoxy) is 1. The van der Waals surface area contributed by atoms with Crippen molar-refractivity contribution in [2.75, 3.05) is 18.6 Å². The molecule has 0 radical (unpaired) electrons. The van der Waals surface area contributed by atoms with Gasteiger partial charge in [0, 0.05) is 17.7 Å². The zero-order valence-corrected chi connectivity index (χ0v) is 14.8. The third-order valence-corrected chi connectivity index (χ3v) is 4.90. The van der Waals surface area contributed by atoms with E-state index in [1.807, 2.05) is 0 Å². The number of sulfone groups is 1. The highest BCUT2D eigenvalue weighted by Gasteiger charge is 2.26. The summed E-state index contributed by atoms with van der Waals surface area (Å²) in [6.45, 7) is 1.10. The van der Waals surface area contributed by atoms with Gasteiger partial charge >= 0.3 is 5.97 Å². The van der Waals surface area contributed by atoms with Gasteiger partial charge in [-0.25, -0.2) is 13.2 Å². The molecular formula is C14H16Cl2O6S. The van der Waals surface area contributed by atoms with Crippen molar-refractivity contribution in [2.45, 2.75) is 13.3 Å². The van der Waals surface area contributed by atoms with Gasteiger partial charge in [0.15, 0.2) is 12.4 Å². The molecule has 0 heterocycles. The predicted octanol–water partition coefficient (Wildman–Crippen LogP) is 2.71. The Hall–Kier alpha value is -1.31. The lowest BCUT2D eigenvalue weighted by molar-refractivity contribution is -0.139. The molecule has 9 heteroatoms. The smallest absolute Gasteiger partial charge is 0.341 e. The van der Waals surface area contributed by atoms with Crippen LogP contribution >= 0.6 is 23.2 Å². The summed E-state index contributed by atoms with van der Waals surface area (Å²) in [4.78, 5) is 23.0. The average molecular weight is 383 g/mol. The number of ketones is 1. The van der Waals surface area contributed by atoms with Crippen LogP contribution in [0.1, 0.15) is 23.7 Å². The van der Waals surface area contributed by atoms with Crippen LogP contribution in [-0.4, -0.2) is 43.9 Å². The molecule has 128 valence electrons. The number of benzene rings is 1. The first-order valence-electron chi connectivity index (χ1n) is 6.61. The second kappa shape index (κ2) is 7.99. The van der Waals surface area contributed by atoms with Gasteiger partial charge in [-0.2, -0.15) is 0 Å². The van der Waals surface area contributed by atoms with Crippen LogP contribution in [0.15, 0.2) is 12.1 Å². The SMILES string of the molecule is CCC(CS(C)(=O)=O)C(=O)c1ccc(OCC(=O)O)c(Cl)c1Cl. The van der Waals surface area contributed by atoms with Crippen molar-refractivity contribution < 1.29 is 27.9 Å². The summed E-state index contributed by atoms with van der Waals surface area (Å²) in [7, 11) is -3.32. The Balaban J connectivity index is 3.10. The first-order chi connectivity index (χ1) is 10.6. The first-order valence-corrected chi connectivity index (χ1v) is 9.43. The van der Waals surface area contributed by atoms with E-state index in [-0.39, 0.29) is 27.1 Å². The number of carbonyl (C=O) groups is 2. The molecule has 0 aliphatic rings. The summed E-state index contributed by atoms with van der Waals surface area (Å²) in [5.74, 6) is -2.60. The molecule has 0 aliphatic heterocycles. The van der Waals surface area contributed by atoms with Gasteiger partial charge in [-0.1, -0.05) is 30.1 Å². The van der Waals surface area contributed by atoms with Crippen LogP contribution in [0, 0.1) is 5.92 Å². The fourth-order valence-corrected chi connectivity index (χ4v) is 3.52. The fraction of sp³-hybridized carbons (Fsp3) is 0.429. The van der Waals surface area contributed by atoms with Gasteiger partial charge in [-0.15, -0.1) is 0 Å². The standard InChI is InChI=1S/C14H16Cl2O6S/c1-3-8(7-23(2,20)21)14(19)9-4-5-10(13(16)12(9)15)22-6-11(17)18/h4-5,8H,3,6-7H2,1-2H3,(H,17,18).